The van der Waals surface area contributed by atoms with Gasteiger partial charge in [-0.3, -0.25) is 4.98 Å². The number of aryl methyl sites for hydroxylation is 1. The highest BCUT2D eigenvalue weighted by Gasteiger charge is 2.19. The molecular weight excluding hydrogens is 258 g/mol. The summed E-state index contributed by atoms with van der Waals surface area (Å²) in [5.74, 6) is -1.67. The molecule has 2 rings (SSSR count). The molecule has 0 bridgehead atoms. The molecule has 0 unspecified atom stereocenters. The third-order valence-corrected chi connectivity index (χ3v) is 2.71. The number of nitriles is 1. The molecule has 2 nitrogen and oxygen atoms in total. The number of nitrogens with zero attached hydrogens (tertiary/aromatic N) is 2. The summed E-state index contributed by atoms with van der Waals surface area (Å²) in [5.41, 5.74) is 0.551. The van der Waals surface area contributed by atoms with Gasteiger partial charge in [-0.25, -0.2) is 8.78 Å². The van der Waals surface area contributed by atoms with Crippen LogP contribution in [0.4, 0.5) is 8.78 Å². The highest BCUT2D eigenvalue weighted by molar-refractivity contribution is 5.67. The van der Waals surface area contributed by atoms with Crippen molar-refractivity contribution >= 4 is 0 Å². The van der Waals surface area contributed by atoms with Crippen LogP contribution in [0.1, 0.15) is 31.9 Å². The van der Waals surface area contributed by atoms with Crippen LogP contribution in [-0.2, 0) is 6.42 Å². The van der Waals surface area contributed by atoms with Gasteiger partial charge in [0.1, 0.15) is 17.4 Å². The van der Waals surface area contributed by atoms with E-state index in [1.165, 1.54) is 12.3 Å². The van der Waals surface area contributed by atoms with Crippen molar-refractivity contribution in [2.75, 3.05) is 0 Å². The summed E-state index contributed by atoms with van der Waals surface area (Å²) in [4.78, 5) is 4.05. The third kappa shape index (κ3) is 3.00. The monoisotopic (exact) mass is 274 g/mol. The fourth-order valence-electron chi connectivity index (χ4n) is 1.84. The predicted molar refractivity (Wildman–Crippen MR) is 75.0 cm³/mol. The second-order valence-electron chi connectivity index (χ2n) is 3.76. The Kier molecular flexibility index (Phi) is 5.79. The van der Waals surface area contributed by atoms with E-state index in [9.17, 15) is 8.78 Å². The molecule has 104 valence electrons. The maximum absolute atomic E-state index is 14.2. The third-order valence-electron chi connectivity index (χ3n) is 2.71. The number of hydrogen-bond donors (Lipinski definition) is 0. The molecule has 0 spiro atoms. The van der Waals surface area contributed by atoms with Gasteiger partial charge in [-0.15, -0.1) is 0 Å². The Balaban J connectivity index is 0.000000956. The van der Waals surface area contributed by atoms with Crippen LogP contribution < -0.4 is 0 Å². The fraction of sp³-hybridized carbons (Fsp3) is 0.250. The topological polar surface area (TPSA) is 36.7 Å². The van der Waals surface area contributed by atoms with E-state index in [1.807, 2.05) is 13.8 Å². The van der Waals surface area contributed by atoms with E-state index in [0.717, 1.165) is 0 Å². The quantitative estimate of drug-likeness (QED) is 0.809. The summed E-state index contributed by atoms with van der Waals surface area (Å²) >= 11 is 0. The Hall–Kier alpha value is -2.28. The number of hydrogen-bond acceptors (Lipinski definition) is 2. The number of pyridine rings is 1. The largest absolute Gasteiger partial charge is 0.256 e. The lowest BCUT2D eigenvalue weighted by molar-refractivity contribution is 0.576. The first-order valence-corrected chi connectivity index (χ1v) is 6.51. The predicted octanol–water partition coefficient (Wildman–Crippen LogP) is 4.49. The number of benzene rings is 1. The van der Waals surface area contributed by atoms with Crippen molar-refractivity contribution in [2.45, 2.75) is 27.2 Å². The Labute approximate surface area is 117 Å². The van der Waals surface area contributed by atoms with E-state index in [4.69, 9.17) is 5.26 Å². The average molecular weight is 274 g/mol. The van der Waals surface area contributed by atoms with Crippen LogP contribution in [0.2, 0.25) is 0 Å². The molecule has 0 aliphatic heterocycles. The Morgan fingerprint density at radius 3 is 2.45 bits per heavy atom. The van der Waals surface area contributed by atoms with Gasteiger partial charge in [0.05, 0.1) is 5.69 Å². The molecule has 20 heavy (non-hydrogen) atoms. The molecule has 1 aromatic carbocycles. The SMILES string of the molecule is CC.CCc1cc(F)c(C#N)c(F)c1-c1ccccn1. The number of aromatic nitrogens is 1. The molecule has 4 heteroatoms. The van der Waals surface area contributed by atoms with Gasteiger partial charge in [0.25, 0.3) is 0 Å². The maximum atomic E-state index is 14.2. The zero-order valence-electron chi connectivity index (χ0n) is 11.7. The molecule has 0 aliphatic rings. The van der Waals surface area contributed by atoms with Crippen molar-refractivity contribution in [3.8, 4) is 17.3 Å². The molecule has 0 fully saturated rings. The van der Waals surface area contributed by atoms with Crippen LogP contribution in [0, 0.1) is 23.0 Å². The molecule has 0 radical (unpaired) electrons. The second-order valence-corrected chi connectivity index (χ2v) is 3.76. The molecule has 0 atom stereocenters. The van der Waals surface area contributed by atoms with Crippen molar-refractivity contribution in [1.82, 2.24) is 4.98 Å². The molecule has 2 aromatic rings. The summed E-state index contributed by atoms with van der Waals surface area (Å²) in [6.45, 7) is 5.80. The first-order chi connectivity index (χ1) is 9.69. The standard InChI is InChI=1S/C14H10F2N2.C2H6/c1-2-9-7-11(15)10(8-17)14(16)13(9)12-5-3-4-6-18-12;1-2/h3-7H,2H2,1H3;1-2H3. The molecule has 1 heterocycles. The van der Waals surface area contributed by atoms with E-state index >= 15 is 0 Å². The van der Waals surface area contributed by atoms with Gasteiger partial charge >= 0.3 is 0 Å². The minimum atomic E-state index is -0.840. The summed E-state index contributed by atoms with van der Waals surface area (Å²) < 4.78 is 27.7. The normalized spacial score (nSPS) is 9.40. The van der Waals surface area contributed by atoms with Crippen molar-refractivity contribution < 1.29 is 8.78 Å². The Bertz CT molecular complexity index is 617. The minimum absolute atomic E-state index is 0.205. The lowest BCUT2D eigenvalue weighted by Crippen LogP contribution is -2.00. The average Bonchev–Trinajstić information content (AvgIpc) is 2.50. The number of rotatable bonds is 2. The first kappa shape index (κ1) is 15.8. The summed E-state index contributed by atoms with van der Waals surface area (Å²) in [7, 11) is 0. The van der Waals surface area contributed by atoms with Crippen LogP contribution in [-0.4, -0.2) is 4.98 Å². The van der Waals surface area contributed by atoms with Crippen LogP contribution in [0.15, 0.2) is 30.5 Å². The van der Waals surface area contributed by atoms with E-state index in [0.29, 0.717) is 17.7 Å². The van der Waals surface area contributed by atoms with Crippen molar-refractivity contribution in [1.29, 1.82) is 5.26 Å². The van der Waals surface area contributed by atoms with Gasteiger partial charge in [0.2, 0.25) is 0 Å². The van der Waals surface area contributed by atoms with Gasteiger partial charge in [0, 0.05) is 11.8 Å². The van der Waals surface area contributed by atoms with E-state index in [2.05, 4.69) is 4.98 Å². The smallest absolute Gasteiger partial charge is 0.153 e. The molecular formula is C16H16F2N2. The molecule has 0 N–H and O–H groups in total. The van der Waals surface area contributed by atoms with E-state index in [1.54, 1.807) is 31.2 Å². The van der Waals surface area contributed by atoms with Gasteiger partial charge in [0.15, 0.2) is 5.82 Å². The molecule has 0 amide bonds. The molecule has 1 aromatic heterocycles. The zero-order valence-corrected chi connectivity index (χ0v) is 11.7. The highest BCUT2D eigenvalue weighted by Crippen LogP contribution is 2.29. The van der Waals surface area contributed by atoms with Gasteiger partial charge in [-0.2, -0.15) is 5.26 Å². The molecule has 0 aliphatic carbocycles. The minimum Gasteiger partial charge on any atom is -0.256 e. The van der Waals surface area contributed by atoms with Crippen LogP contribution in [0.25, 0.3) is 11.3 Å². The Morgan fingerprint density at radius 2 is 1.95 bits per heavy atom. The lowest BCUT2D eigenvalue weighted by atomic mass is 9.98. The lowest BCUT2D eigenvalue weighted by Gasteiger charge is -2.10. The summed E-state index contributed by atoms with van der Waals surface area (Å²) in [5, 5.41) is 8.78. The van der Waals surface area contributed by atoms with Gasteiger partial charge in [-0.1, -0.05) is 26.8 Å². The van der Waals surface area contributed by atoms with Crippen molar-refractivity contribution in [3.63, 3.8) is 0 Å². The summed E-state index contributed by atoms with van der Waals surface area (Å²) in [6, 6.07) is 7.81. The molecule has 0 saturated heterocycles. The van der Waals surface area contributed by atoms with Gasteiger partial charge in [-0.05, 0) is 30.2 Å². The first-order valence-electron chi connectivity index (χ1n) is 6.51. The molecule has 0 saturated carbocycles. The van der Waals surface area contributed by atoms with Crippen LogP contribution in [0.3, 0.4) is 0 Å². The maximum Gasteiger partial charge on any atom is 0.153 e. The van der Waals surface area contributed by atoms with E-state index < -0.39 is 17.2 Å². The van der Waals surface area contributed by atoms with Crippen molar-refractivity contribution in [3.05, 3.63) is 53.2 Å². The van der Waals surface area contributed by atoms with Crippen LogP contribution >= 0.6 is 0 Å². The zero-order chi connectivity index (χ0) is 15.1. The highest BCUT2D eigenvalue weighted by atomic mass is 19.1. The van der Waals surface area contributed by atoms with E-state index in [-0.39, 0.29) is 5.56 Å². The number of halogens is 2. The van der Waals surface area contributed by atoms with Gasteiger partial charge < -0.3 is 0 Å². The fourth-order valence-corrected chi connectivity index (χ4v) is 1.84. The summed E-state index contributed by atoms with van der Waals surface area (Å²) in [6.07, 6.45) is 2.00. The Morgan fingerprint density at radius 1 is 1.25 bits per heavy atom. The van der Waals surface area contributed by atoms with Crippen LogP contribution in [0.5, 0.6) is 0 Å². The second kappa shape index (κ2) is 7.34. The van der Waals surface area contributed by atoms with Crippen molar-refractivity contribution in [2.24, 2.45) is 0 Å².